The standard InChI is InChI=1S/C11H17NO.C8H4ClN3O4/c12-10(13)11-4-7-1-8(5-11)3-9(2-7)6-11;9-4-1-7(12(15)16)6-2-5(8(13)14)10-11(6)3-4/h7-9H,1-6H2,(H2,12,13);1-3H,(H,13,14). The molecule has 29 heavy (non-hydrogen) atoms. The molecule has 0 saturated heterocycles. The third-order valence-electron chi connectivity index (χ3n) is 6.50. The molecule has 4 aliphatic carbocycles. The van der Waals surface area contributed by atoms with Crippen molar-refractivity contribution in [2.75, 3.05) is 0 Å². The first kappa shape index (κ1) is 19.6. The van der Waals surface area contributed by atoms with Crippen molar-refractivity contribution in [1.82, 2.24) is 9.61 Å². The number of carboxylic acid groups (broad SMARTS) is 1. The molecule has 9 nitrogen and oxygen atoms in total. The number of carbonyl (C=O) groups is 2. The summed E-state index contributed by atoms with van der Waals surface area (Å²) in [6.07, 6.45) is 8.76. The van der Waals surface area contributed by atoms with E-state index in [0.29, 0.717) is 0 Å². The molecule has 6 rings (SSSR count). The third-order valence-corrected chi connectivity index (χ3v) is 6.70. The van der Waals surface area contributed by atoms with Gasteiger partial charge in [0.25, 0.3) is 5.69 Å². The van der Waals surface area contributed by atoms with Crippen molar-refractivity contribution < 1.29 is 19.6 Å². The zero-order chi connectivity index (χ0) is 20.9. The second kappa shape index (κ2) is 6.98. The van der Waals surface area contributed by atoms with E-state index in [2.05, 4.69) is 5.10 Å². The minimum Gasteiger partial charge on any atom is -0.476 e. The summed E-state index contributed by atoms with van der Waals surface area (Å²) >= 11 is 5.64. The number of rotatable bonds is 3. The van der Waals surface area contributed by atoms with Crippen LogP contribution >= 0.6 is 11.6 Å². The molecule has 0 radical (unpaired) electrons. The predicted molar refractivity (Wildman–Crippen MR) is 104 cm³/mol. The van der Waals surface area contributed by atoms with Gasteiger partial charge in [-0.15, -0.1) is 0 Å². The number of aromatic carboxylic acids is 1. The molecule has 2 aromatic heterocycles. The van der Waals surface area contributed by atoms with Gasteiger partial charge in [-0.1, -0.05) is 11.6 Å². The molecule has 1 amide bonds. The molecule has 0 aliphatic heterocycles. The number of fused-ring (bicyclic) bond motifs is 1. The van der Waals surface area contributed by atoms with E-state index >= 15 is 0 Å². The Morgan fingerprint density at radius 2 is 1.76 bits per heavy atom. The van der Waals surface area contributed by atoms with E-state index in [1.807, 2.05) is 0 Å². The molecule has 4 saturated carbocycles. The first-order valence-electron chi connectivity index (χ1n) is 9.53. The first-order valence-corrected chi connectivity index (χ1v) is 9.91. The number of carboxylic acids is 1. The number of amides is 1. The van der Waals surface area contributed by atoms with Gasteiger partial charge in [-0.2, -0.15) is 5.10 Å². The van der Waals surface area contributed by atoms with E-state index < -0.39 is 10.9 Å². The molecule has 10 heteroatoms. The summed E-state index contributed by atoms with van der Waals surface area (Å²) in [6, 6.07) is 2.26. The molecule has 2 heterocycles. The summed E-state index contributed by atoms with van der Waals surface area (Å²) in [7, 11) is 0. The van der Waals surface area contributed by atoms with E-state index in [4.69, 9.17) is 22.4 Å². The van der Waals surface area contributed by atoms with Gasteiger partial charge >= 0.3 is 5.97 Å². The SMILES string of the molecule is NC(=O)C12CC3CC(CC(C3)C1)C2.O=C(O)c1cc2c([N+](=O)[O-])cc(Cl)cn2n1. The number of primary amides is 1. The minimum absolute atomic E-state index is 0.00778. The Labute approximate surface area is 171 Å². The maximum atomic E-state index is 11.5. The largest absolute Gasteiger partial charge is 0.476 e. The summed E-state index contributed by atoms with van der Waals surface area (Å²) in [5.41, 5.74) is 5.02. The number of pyridine rings is 1. The van der Waals surface area contributed by atoms with E-state index in [0.717, 1.165) is 53.7 Å². The van der Waals surface area contributed by atoms with Gasteiger partial charge in [-0.3, -0.25) is 14.9 Å². The highest BCUT2D eigenvalue weighted by Crippen LogP contribution is 2.59. The second-order valence-electron chi connectivity index (χ2n) is 8.53. The van der Waals surface area contributed by atoms with Gasteiger partial charge in [0.15, 0.2) is 5.69 Å². The Morgan fingerprint density at radius 1 is 1.21 bits per heavy atom. The summed E-state index contributed by atoms with van der Waals surface area (Å²) in [5.74, 6) is 1.23. The fourth-order valence-electron chi connectivity index (χ4n) is 5.71. The van der Waals surface area contributed by atoms with Gasteiger partial charge in [-0.05, 0) is 56.3 Å². The topological polar surface area (TPSA) is 141 Å². The summed E-state index contributed by atoms with van der Waals surface area (Å²) < 4.78 is 1.07. The van der Waals surface area contributed by atoms with Crippen molar-refractivity contribution >= 4 is 34.7 Å². The number of nitrogens with two attached hydrogens (primary N) is 1. The van der Waals surface area contributed by atoms with Crippen LogP contribution in [0.1, 0.15) is 49.0 Å². The zero-order valence-electron chi connectivity index (χ0n) is 15.6. The Hall–Kier alpha value is -2.68. The van der Waals surface area contributed by atoms with Crippen LogP contribution in [0.15, 0.2) is 18.3 Å². The third kappa shape index (κ3) is 3.55. The lowest BCUT2D eigenvalue weighted by Gasteiger charge is -2.55. The van der Waals surface area contributed by atoms with E-state index in [-0.39, 0.29) is 33.2 Å². The van der Waals surface area contributed by atoms with Crippen molar-refractivity contribution in [2.45, 2.75) is 38.5 Å². The number of hydrogen-bond donors (Lipinski definition) is 2. The zero-order valence-corrected chi connectivity index (χ0v) is 16.3. The molecule has 4 bridgehead atoms. The highest BCUT2D eigenvalue weighted by molar-refractivity contribution is 6.30. The molecular weight excluding hydrogens is 400 g/mol. The minimum atomic E-state index is -1.26. The van der Waals surface area contributed by atoms with Gasteiger partial charge in [0.2, 0.25) is 5.91 Å². The fraction of sp³-hybridized carbons (Fsp3) is 0.526. The van der Waals surface area contributed by atoms with Gasteiger partial charge in [0.05, 0.1) is 9.95 Å². The van der Waals surface area contributed by atoms with Crippen LogP contribution in [0, 0.1) is 33.3 Å². The lowest BCUT2D eigenvalue weighted by molar-refractivity contribution is -0.383. The molecule has 2 aromatic rings. The summed E-state index contributed by atoms with van der Waals surface area (Å²) in [6.45, 7) is 0. The number of carbonyl (C=O) groups excluding carboxylic acids is 1. The van der Waals surface area contributed by atoms with Crippen molar-refractivity contribution in [3.05, 3.63) is 39.2 Å². The molecule has 0 aromatic carbocycles. The average molecular weight is 421 g/mol. The first-order chi connectivity index (χ1) is 13.7. The Morgan fingerprint density at radius 3 is 2.21 bits per heavy atom. The Balaban J connectivity index is 0.000000144. The summed E-state index contributed by atoms with van der Waals surface area (Å²) in [5, 5.41) is 23.2. The number of aromatic nitrogens is 2. The van der Waals surface area contributed by atoms with Crippen LogP contribution < -0.4 is 5.73 Å². The van der Waals surface area contributed by atoms with Crippen LogP contribution in [-0.4, -0.2) is 31.5 Å². The normalized spacial score (nSPS) is 29.3. The van der Waals surface area contributed by atoms with Crippen LogP contribution in [0.5, 0.6) is 0 Å². The Bertz CT molecular complexity index is 982. The quantitative estimate of drug-likeness (QED) is 0.576. The maximum absolute atomic E-state index is 11.5. The van der Waals surface area contributed by atoms with Crippen LogP contribution in [0.25, 0.3) is 5.52 Å². The Kier molecular flexibility index (Phi) is 4.72. The lowest BCUT2D eigenvalue weighted by atomic mass is 9.49. The fourth-order valence-corrected chi connectivity index (χ4v) is 5.90. The lowest BCUT2D eigenvalue weighted by Crippen LogP contribution is -2.52. The molecule has 4 fully saturated rings. The number of hydrogen-bond acceptors (Lipinski definition) is 5. The van der Waals surface area contributed by atoms with Crippen LogP contribution in [-0.2, 0) is 4.79 Å². The van der Waals surface area contributed by atoms with Gasteiger partial charge in [-0.25, -0.2) is 9.31 Å². The van der Waals surface area contributed by atoms with E-state index in [1.54, 1.807) is 0 Å². The predicted octanol–water partition coefficient (Wildman–Crippen LogP) is 3.28. The molecule has 0 unspecified atom stereocenters. The molecule has 154 valence electrons. The van der Waals surface area contributed by atoms with Gasteiger partial charge in [0.1, 0.15) is 5.52 Å². The van der Waals surface area contributed by atoms with Gasteiger partial charge < -0.3 is 10.8 Å². The number of halogens is 1. The number of nitro groups is 1. The van der Waals surface area contributed by atoms with E-state index in [9.17, 15) is 19.7 Å². The highest BCUT2D eigenvalue weighted by atomic mass is 35.5. The van der Waals surface area contributed by atoms with Crippen molar-refractivity contribution in [3.63, 3.8) is 0 Å². The van der Waals surface area contributed by atoms with Crippen LogP contribution in [0.3, 0.4) is 0 Å². The smallest absolute Gasteiger partial charge is 0.356 e. The molecular formula is C19H21ClN4O5. The van der Waals surface area contributed by atoms with Crippen LogP contribution in [0.4, 0.5) is 5.69 Å². The highest BCUT2D eigenvalue weighted by Gasteiger charge is 2.53. The molecule has 3 N–H and O–H groups in total. The van der Waals surface area contributed by atoms with E-state index in [1.165, 1.54) is 25.5 Å². The van der Waals surface area contributed by atoms with Gasteiger partial charge in [0, 0.05) is 23.7 Å². The van der Waals surface area contributed by atoms with Crippen molar-refractivity contribution in [1.29, 1.82) is 0 Å². The second-order valence-corrected chi connectivity index (χ2v) is 8.96. The molecule has 0 spiro atoms. The van der Waals surface area contributed by atoms with Crippen molar-refractivity contribution in [3.8, 4) is 0 Å². The molecule has 4 aliphatic rings. The summed E-state index contributed by atoms with van der Waals surface area (Å²) in [4.78, 5) is 32.2. The van der Waals surface area contributed by atoms with Crippen molar-refractivity contribution in [2.24, 2.45) is 28.9 Å². The number of nitrogens with zero attached hydrogens (tertiary/aromatic N) is 3. The van der Waals surface area contributed by atoms with Crippen LogP contribution in [0.2, 0.25) is 5.02 Å². The molecule has 0 atom stereocenters. The average Bonchev–Trinajstić information content (AvgIpc) is 3.04. The monoisotopic (exact) mass is 420 g/mol. The maximum Gasteiger partial charge on any atom is 0.356 e.